The maximum atomic E-state index is 11.7. The molecule has 2 atom stereocenters. The van der Waals surface area contributed by atoms with E-state index in [1.165, 1.54) is 12.8 Å². The van der Waals surface area contributed by atoms with E-state index >= 15 is 0 Å². The van der Waals surface area contributed by atoms with Gasteiger partial charge in [0.15, 0.2) is 0 Å². The van der Waals surface area contributed by atoms with Crippen molar-refractivity contribution in [3.63, 3.8) is 0 Å². The number of hydrogen-bond donors (Lipinski definition) is 1. The van der Waals surface area contributed by atoms with Crippen LogP contribution in [0, 0.1) is 11.8 Å². The molecule has 0 amide bonds. The summed E-state index contributed by atoms with van der Waals surface area (Å²) < 4.78 is 0. The third kappa shape index (κ3) is 3.47. The van der Waals surface area contributed by atoms with Crippen LogP contribution in [0.5, 0.6) is 0 Å². The molecular formula is C11H21NO. The zero-order chi connectivity index (χ0) is 9.68. The van der Waals surface area contributed by atoms with Crippen LogP contribution in [0.1, 0.15) is 39.5 Å². The molecule has 1 N–H and O–H groups in total. The molecule has 2 unspecified atom stereocenters. The smallest absolute Gasteiger partial charge is 0.137 e. The van der Waals surface area contributed by atoms with Gasteiger partial charge in [-0.05, 0) is 18.9 Å². The van der Waals surface area contributed by atoms with Crippen molar-refractivity contribution in [1.29, 1.82) is 0 Å². The summed E-state index contributed by atoms with van der Waals surface area (Å²) in [6.45, 7) is 6.30. The second kappa shape index (κ2) is 5.38. The number of nitrogens with one attached hydrogen (secondary N) is 1. The summed E-state index contributed by atoms with van der Waals surface area (Å²) >= 11 is 0. The van der Waals surface area contributed by atoms with Gasteiger partial charge in [0.25, 0.3) is 0 Å². The standard InChI is InChI=1S/C11H21NO/c1-3-4-9(2)7-11(13)10-5-6-12-8-10/h9-10,12H,3-8H2,1-2H3. The van der Waals surface area contributed by atoms with Crippen molar-refractivity contribution >= 4 is 5.78 Å². The van der Waals surface area contributed by atoms with Crippen molar-refractivity contribution in [3.8, 4) is 0 Å². The Labute approximate surface area is 81.1 Å². The Kier molecular flexibility index (Phi) is 4.43. The Balaban J connectivity index is 2.23. The molecule has 2 nitrogen and oxygen atoms in total. The van der Waals surface area contributed by atoms with Crippen LogP contribution in [0.2, 0.25) is 0 Å². The Bertz CT molecular complexity index is 161. The van der Waals surface area contributed by atoms with Gasteiger partial charge in [-0.15, -0.1) is 0 Å². The van der Waals surface area contributed by atoms with Crippen LogP contribution in [-0.2, 0) is 4.79 Å². The molecule has 0 aromatic rings. The predicted octanol–water partition coefficient (Wildman–Crippen LogP) is 1.99. The summed E-state index contributed by atoms with van der Waals surface area (Å²) in [7, 11) is 0. The summed E-state index contributed by atoms with van der Waals surface area (Å²) in [6, 6.07) is 0. The number of rotatable bonds is 5. The highest BCUT2D eigenvalue weighted by Crippen LogP contribution is 2.17. The Morgan fingerprint density at radius 3 is 2.92 bits per heavy atom. The van der Waals surface area contributed by atoms with Crippen LogP contribution in [0.3, 0.4) is 0 Å². The first-order valence-electron chi connectivity index (χ1n) is 5.47. The number of carbonyl (C=O) groups excluding carboxylic acids is 1. The van der Waals surface area contributed by atoms with E-state index in [9.17, 15) is 4.79 Å². The number of hydrogen-bond acceptors (Lipinski definition) is 2. The summed E-state index contributed by atoms with van der Waals surface area (Å²) in [5.41, 5.74) is 0. The van der Waals surface area contributed by atoms with E-state index in [1.807, 2.05) is 0 Å². The molecule has 1 heterocycles. The van der Waals surface area contributed by atoms with Crippen molar-refractivity contribution in [1.82, 2.24) is 5.32 Å². The molecule has 1 rings (SSSR count). The van der Waals surface area contributed by atoms with E-state index in [-0.39, 0.29) is 0 Å². The minimum atomic E-state index is 0.319. The van der Waals surface area contributed by atoms with Crippen molar-refractivity contribution < 1.29 is 4.79 Å². The maximum Gasteiger partial charge on any atom is 0.137 e. The zero-order valence-corrected chi connectivity index (χ0v) is 8.81. The quantitative estimate of drug-likeness (QED) is 0.706. The van der Waals surface area contributed by atoms with E-state index in [0.717, 1.165) is 25.9 Å². The van der Waals surface area contributed by atoms with Gasteiger partial charge in [-0.25, -0.2) is 0 Å². The molecule has 0 radical (unpaired) electrons. The number of Topliss-reactive ketones (excluding diaryl/α,β-unsaturated/α-hetero) is 1. The topological polar surface area (TPSA) is 29.1 Å². The van der Waals surface area contributed by atoms with Gasteiger partial charge in [0.05, 0.1) is 0 Å². The normalized spacial score (nSPS) is 24.6. The molecule has 13 heavy (non-hydrogen) atoms. The Morgan fingerprint density at radius 2 is 2.38 bits per heavy atom. The zero-order valence-electron chi connectivity index (χ0n) is 8.81. The third-order valence-corrected chi connectivity index (χ3v) is 2.85. The molecule has 0 spiro atoms. The summed E-state index contributed by atoms with van der Waals surface area (Å²) in [5, 5.41) is 3.24. The number of ketones is 1. The van der Waals surface area contributed by atoms with Gasteiger partial charge in [0.1, 0.15) is 5.78 Å². The molecule has 1 aliphatic heterocycles. The van der Waals surface area contributed by atoms with E-state index in [2.05, 4.69) is 19.2 Å². The monoisotopic (exact) mass is 183 g/mol. The Hall–Kier alpha value is -0.370. The van der Waals surface area contributed by atoms with Crippen LogP contribution >= 0.6 is 0 Å². The fourth-order valence-electron chi connectivity index (χ4n) is 2.03. The van der Waals surface area contributed by atoms with Gasteiger partial charge in [0.2, 0.25) is 0 Å². The lowest BCUT2D eigenvalue weighted by molar-refractivity contribution is -0.123. The van der Waals surface area contributed by atoms with Gasteiger partial charge in [-0.1, -0.05) is 26.7 Å². The minimum absolute atomic E-state index is 0.319. The lowest BCUT2D eigenvalue weighted by atomic mass is 9.92. The van der Waals surface area contributed by atoms with E-state index in [0.29, 0.717) is 17.6 Å². The lowest BCUT2D eigenvalue weighted by Gasteiger charge is -2.12. The minimum Gasteiger partial charge on any atom is -0.316 e. The molecule has 2 heteroatoms. The molecule has 1 aliphatic rings. The van der Waals surface area contributed by atoms with Gasteiger partial charge in [-0.3, -0.25) is 4.79 Å². The molecule has 1 saturated heterocycles. The van der Waals surface area contributed by atoms with E-state index in [1.54, 1.807) is 0 Å². The molecule has 0 aliphatic carbocycles. The first kappa shape index (κ1) is 10.7. The largest absolute Gasteiger partial charge is 0.316 e. The second-order valence-electron chi connectivity index (χ2n) is 4.25. The molecular weight excluding hydrogens is 162 g/mol. The van der Waals surface area contributed by atoms with Crippen molar-refractivity contribution in [2.45, 2.75) is 39.5 Å². The van der Waals surface area contributed by atoms with Gasteiger partial charge in [0, 0.05) is 18.9 Å². The SMILES string of the molecule is CCCC(C)CC(=O)C1CCNC1. The molecule has 0 aromatic carbocycles. The molecule has 1 fully saturated rings. The highest BCUT2D eigenvalue weighted by Gasteiger charge is 2.23. The Morgan fingerprint density at radius 1 is 1.62 bits per heavy atom. The van der Waals surface area contributed by atoms with E-state index < -0.39 is 0 Å². The average molecular weight is 183 g/mol. The van der Waals surface area contributed by atoms with Crippen molar-refractivity contribution in [2.24, 2.45) is 11.8 Å². The molecule has 0 saturated carbocycles. The van der Waals surface area contributed by atoms with Gasteiger partial charge >= 0.3 is 0 Å². The molecule has 0 bridgehead atoms. The lowest BCUT2D eigenvalue weighted by Crippen LogP contribution is -2.19. The highest BCUT2D eigenvalue weighted by molar-refractivity contribution is 5.81. The van der Waals surface area contributed by atoms with Crippen molar-refractivity contribution in [3.05, 3.63) is 0 Å². The number of carbonyl (C=O) groups is 1. The maximum absolute atomic E-state index is 11.7. The van der Waals surface area contributed by atoms with Crippen LogP contribution in [0.15, 0.2) is 0 Å². The van der Waals surface area contributed by atoms with Crippen LogP contribution in [0.4, 0.5) is 0 Å². The third-order valence-electron chi connectivity index (χ3n) is 2.85. The fourth-order valence-corrected chi connectivity index (χ4v) is 2.03. The first-order chi connectivity index (χ1) is 6.24. The highest BCUT2D eigenvalue weighted by atomic mass is 16.1. The van der Waals surface area contributed by atoms with Crippen LogP contribution in [0.25, 0.3) is 0 Å². The fraction of sp³-hybridized carbons (Fsp3) is 0.909. The van der Waals surface area contributed by atoms with Crippen molar-refractivity contribution in [2.75, 3.05) is 13.1 Å². The predicted molar refractivity (Wildman–Crippen MR) is 54.7 cm³/mol. The second-order valence-corrected chi connectivity index (χ2v) is 4.25. The summed E-state index contributed by atoms with van der Waals surface area (Å²) in [4.78, 5) is 11.7. The van der Waals surface area contributed by atoms with Gasteiger partial charge < -0.3 is 5.32 Å². The van der Waals surface area contributed by atoms with Gasteiger partial charge in [-0.2, -0.15) is 0 Å². The molecule has 0 aromatic heterocycles. The van der Waals surface area contributed by atoms with Crippen LogP contribution in [-0.4, -0.2) is 18.9 Å². The first-order valence-corrected chi connectivity index (χ1v) is 5.47. The summed E-state index contributed by atoms with van der Waals surface area (Å²) in [6.07, 6.45) is 4.22. The summed E-state index contributed by atoms with van der Waals surface area (Å²) in [5.74, 6) is 1.38. The van der Waals surface area contributed by atoms with E-state index in [4.69, 9.17) is 0 Å². The van der Waals surface area contributed by atoms with Crippen LogP contribution < -0.4 is 5.32 Å². The molecule has 76 valence electrons. The average Bonchev–Trinajstić information content (AvgIpc) is 2.55.